The van der Waals surface area contributed by atoms with E-state index in [0.29, 0.717) is 12.1 Å². The van der Waals surface area contributed by atoms with Gasteiger partial charge in [0.1, 0.15) is 0 Å². The summed E-state index contributed by atoms with van der Waals surface area (Å²) in [7, 11) is 0. The van der Waals surface area contributed by atoms with E-state index in [9.17, 15) is 0 Å². The van der Waals surface area contributed by atoms with Crippen LogP contribution in [0.4, 0.5) is 5.69 Å². The Morgan fingerprint density at radius 2 is 1.59 bits per heavy atom. The van der Waals surface area contributed by atoms with E-state index >= 15 is 0 Å². The van der Waals surface area contributed by atoms with Gasteiger partial charge in [-0.1, -0.05) is 35.3 Å². The fourth-order valence-electron chi connectivity index (χ4n) is 3.82. The van der Waals surface area contributed by atoms with Crippen molar-refractivity contribution in [3.63, 3.8) is 0 Å². The number of aromatic nitrogens is 1. The molecule has 7 heteroatoms. The second-order valence-electron chi connectivity index (χ2n) is 7.22. The van der Waals surface area contributed by atoms with Gasteiger partial charge in [-0.2, -0.15) is 0 Å². The first-order chi connectivity index (χ1) is 13.2. The summed E-state index contributed by atoms with van der Waals surface area (Å²) in [5.41, 5.74) is 3.32. The highest BCUT2D eigenvalue weighted by molar-refractivity contribution is 6.31. The molecule has 29 heavy (non-hydrogen) atoms. The molecule has 0 saturated heterocycles. The normalized spacial score (nSPS) is 18.6. The molecule has 1 fully saturated rings. The van der Waals surface area contributed by atoms with Crippen molar-refractivity contribution in [2.24, 2.45) is 0 Å². The minimum atomic E-state index is 0. The van der Waals surface area contributed by atoms with Gasteiger partial charge in [0.05, 0.1) is 5.52 Å². The topological polar surface area (TPSA) is 37.0 Å². The van der Waals surface area contributed by atoms with Crippen LogP contribution in [-0.4, -0.2) is 17.1 Å². The van der Waals surface area contributed by atoms with E-state index < -0.39 is 0 Å². The van der Waals surface area contributed by atoms with Gasteiger partial charge < -0.3 is 10.6 Å². The third-order valence-electron chi connectivity index (χ3n) is 5.28. The van der Waals surface area contributed by atoms with Gasteiger partial charge in [0.15, 0.2) is 0 Å². The lowest BCUT2D eigenvalue weighted by Crippen LogP contribution is -2.36. The minimum Gasteiger partial charge on any atom is -0.382 e. The van der Waals surface area contributed by atoms with Gasteiger partial charge in [-0.25, -0.2) is 0 Å². The van der Waals surface area contributed by atoms with Crippen molar-refractivity contribution < 1.29 is 0 Å². The van der Waals surface area contributed by atoms with Gasteiger partial charge in [0, 0.05) is 45.9 Å². The molecule has 1 aliphatic rings. The first-order valence-electron chi connectivity index (χ1n) is 9.46. The van der Waals surface area contributed by atoms with Crippen LogP contribution in [0.15, 0.2) is 54.7 Å². The molecule has 0 atom stereocenters. The molecule has 0 amide bonds. The van der Waals surface area contributed by atoms with E-state index in [0.717, 1.165) is 46.0 Å². The number of rotatable bonds is 5. The fraction of sp³-hybridized carbons (Fsp3) is 0.318. The lowest BCUT2D eigenvalue weighted by atomic mass is 9.90. The van der Waals surface area contributed by atoms with Crippen LogP contribution in [0, 0.1) is 0 Å². The second-order valence-corrected chi connectivity index (χ2v) is 8.10. The molecule has 0 aliphatic heterocycles. The maximum absolute atomic E-state index is 6.09. The van der Waals surface area contributed by atoms with Crippen LogP contribution in [0.3, 0.4) is 0 Å². The minimum absolute atomic E-state index is 0. The molecule has 4 rings (SSSR count). The number of fused-ring (bicyclic) bond motifs is 1. The van der Waals surface area contributed by atoms with Gasteiger partial charge >= 0.3 is 0 Å². The predicted octanol–water partition coefficient (Wildman–Crippen LogP) is 6.90. The van der Waals surface area contributed by atoms with E-state index in [1.54, 1.807) is 0 Å². The van der Waals surface area contributed by atoms with E-state index in [2.05, 4.69) is 27.8 Å². The summed E-state index contributed by atoms with van der Waals surface area (Å²) >= 11 is 12.2. The second kappa shape index (κ2) is 11.2. The van der Waals surface area contributed by atoms with Crippen molar-refractivity contribution in [3.8, 4) is 0 Å². The average molecular weight is 473 g/mol. The summed E-state index contributed by atoms with van der Waals surface area (Å²) in [5.74, 6) is 0. The molecule has 0 radical (unpaired) electrons. The molecule has 0 bridgehead atoms. The van der Waals surface area contributed by atoms with Crippen molar-refractivity contribution in [2.45, 2.75) is 44.3 Å². The number of anilines is 1. The number of halogens is 4. The monoisotopic (exact) mass is 471 g/mol. The van der Waals surface area contributed by atoms with Gasteiger partial charge in [0.2, 0.25) is 0 Å². The number of nitrogens with zero attached hydrogens (tertiary/aromatic N) is 1. The van der Waals surface area contributed by atoms with Gasteiger partial charge in [0.25, 0.3) is 0 Å². The summed E-state index contributed by atoms with van der Waals surface area (Å²) in [6.45, 7) is 0.874. The lowest BCUT2D eigenvalue weighted by molar-refractivity contribution is 0.353. The van der Waals surface area contributed by atoms with E-state index in [4.69, 9.17) is 23.2 Å². The van der Waals surface area contributed by atoms with Crippen LogP contribution in [-0.2, 0) is 6.54 Å². The molecular weight excluding hydrogens is 448 g/mol. The first kappa shape index (κ1) is 24.0. The average Bonchev–Trinajstić information content (AvgIpc) is 2.67. The maximum atomic E-state index is 6.09. The molecule has 1 heterocycles. The third kappa shape index (κ3) is 6.37. The molecule has 0 unspecified atom stereocenters. The Labute approximate surface area is 194 Å². The standard InChI is InChI=1S/C22H23Cl2N3.2ClH/c23-16-3-1-2-15(12-16)14-26-18-5-7-19(8-6-18)27-21-10-11-25-22-13-17(24)4-9-20(21)22;;/h1-4,9-13,18-19,26H,5-8,14H2,(H,25,27);2*1H. The van der Waals surface area contributed by atoms with Crippen molar-refractivity contribution in [3.05, 3.63) is 70.3 Å². The number of pyridine rings is 1. The molecule has 0 spiro atoms. The Morgan fingerprint density at radius 1 is 0.862 bits per heavy atom. The zero-order valence-electron chi connectivity index (χ0n) is 15.9. The summed E-state index contributed by atoms with van der Waals surface area (Å²) in [6, 6.07) is 17.1. The Hall–Kier alpha value is -1.23. The van der Waals surface area contributed by atoms with Gasteiger partial charge in [-0.15, -0.1) is 24.8 Å². The Balaban J connectivity index is 0.00000150. The van der Waals surface area contributed by atoms with E-state index in [1.165, 1.54) is 18.4 Å². The van der Waals surface area contributed by atoms with Crippen LogP contribution >= 0.6 is 48.0 Å². The highest BCUT2D eigenvalue weighted by atomic mass is 35.5. The summed E-state index contributed by atoms with van der Waals surface area (Å²) in [5, 5.41) is 10.0. The molecule has 1 aliphatic carbocycles. The predicted molar refractivity (Wildman–Crippen MR) is 129 cm³/mol. The summed E-state index contributed by atoms with van der Waals surface area (Å²) in [6.07, 6.45) is 6.51. The zero-order valence-corrected chi connectivity index (χ0v) is 19.1. The van der Waals surface area contributed by atoms with Crippen LogP contribution in [0.2, 0.25) is 10.0 Å². The first-order valence-corrected chi connectivity index (χ1v) is 10.2. The smallest absolute Gasteiger partial charge is 0.0737 e. The van der Waals surface area contributed by atoms with Crippen molar-refractivity contribution in [2.75, 3.05) is 5.32 Å². The molecule has 156 valence electrons. The Morgan fingerprint density at radius 3 is 2.34 bits per heavy atom. The molecule has 3 aromatic rings. The van der Waals surface area contributed by atoms with Gasteiger partial charge in [-0.3, -0.25) is 4.98 Å². The van der Waals surface area contributed by atoms with Crippen molar-refractivity contribution in [1.82, 2.24) is 10.3 Å². The highest BCUT2D eigenvalue weighted by Crippen LogP contribution is 2.28. The summed E-state index contributed by atoms with van der Waals surface area (Å²) < 4.78 is 0. The Kier molecular flexibility index (Phi) is 9.32. The Bertz CT molecular complexity index is 927. The SMILES string of the molecule is Cl.Cl.Clc1cccc(CNC2CCC(Nc3ccnc4cc(Cl)ccc34)CC2)c1. The van der Waals surface area contributed by atoms with Crippen molar-refractivity contribution >= 4 is 64.6 Å². The van der Waals surface area contributed by atoms with Crippen LogP contribution < -0.4 is 10.6 Å². The summed E-state index contributed by atoms with van der Waals surface area (Å²) in [4.78, 5) is 4.42. The fourth-order valence-corrected chi connectivity index (χ4v) is 4.20. The maximum Gasteiger partial charge on any atom is 0.0737 e. The molecule has 1 saturated carbocycles. The van der Waals surface area contributed by atoms with E-state index in [1.807, 2.05) is 42.6 Å². The number of hydrogen-bond donors (Lipinski definition) is 2. The van der Waals surface area contributed by atoms with Crippen molar-refractivity contribution in [1.29, 1.82) is 0 Å². The number of benzene rings is 2. The largest absolute Gasteiger partial charge is 0.382 e. The molecule has 3 nitrogen and oxygen atoms in total. The quantitative estimate of drug-likeness (QED) is 0.424. The van der Waals surface area contributed by atoms with Gasteiger partial charge in [-0.05, 0) is 67.6 Å². The molecule has 1 aromatic heterocycles. The molecule has 2 aromatic carbocycles. The van der Waals surface area contributed by atoms with Crippen LogP contribution in [0.5, 0.6) is 0 Å². The molecule has 2 N–H and O–H groups in total. The lowest BCUT2D eigenvalue weighted by Gasteiger charge is -2.30. The van der Waals surface area contributed by atoms with E-state index in [-0.39, 0.29) is 24.8 Å². The molecular formula is C22H25Cl4N3. The highest BCUT2D eigenvalue weighted by Gasteiger charge is 2.21. The zero-order chi connectivity index (χ0) is 18.6. The number of hydrogen-bond acceptors (Lipinski definition) is 3. The number of nitrogens with one attached hydrogen (secondary N) is 2. The van der Waals surface area contributed by atoms with Crippen LogP contribution in [0.1, 0.15) is 31.2 Å². The van der Waals surface area contributed by atoms with Crippen LogP contribution in [0.25, 0.3) is 10.9 Å². The third-order valence-corrected chi connectivity index (χ3v) is 5.75.